The summed E-state index contributed by atoms with van der Waals surface area (Å²) in [6, 6.07) is 18.7. The van der Waals surface area contributed by atoms with E-state index >= 15 is 0 Å². The lowest BCUT2D eigenvalue weighted by Gasteiger charge is -2.17. The number of pyridine rings is 1. The van der Waals surface area contributed by atoms with Crippen LogP contribution in [0.15, 0.2) is 72.9 Å². The Hall–Kier alpha value is -3.42. The van der Waals surface area contributed by atoms with E-state index in [-0.39, 0.29) is 18.1 Å². The van der Waals surface area contributed by atoms with E-state index in [9.17, 15) is 9.59 Å². The predicted molar refractivity (Wildman–Crippen MR) is 120 cm³/mol. The summed E-state index contributed by atoms with van der Waals surface area (Å²) in [7, 11) is 1.25. The summed E-state index contributed by atoms with van der Waals surface area (Å²) >= 11 is 5.89. The average Bonchev–Trinajstić information content (AvgIpc) is 2.83. The first-order valence-corrected chi connectivity index (χ1v) is 10.3. The van der Waals surface area contributed by atoms with E-state index in [0.29, 0.717) is 23.8 Å². The summed E-state index contributed by atoms with van der Waals surface area (Å²) in [5, 5.41) is 3.20. The zero-order valence-corrected chi connectivity index (χ0v) is 18.2. The number of nitrogens with one attached hydrogen (secondary N) is 1. The minimum Gasteiger partial charge on any atom is -0.467 e. The monoisotopic (exact) mass is 454 g/mol. The molecule has 2 aromatic carbocycles. The van der Waals surface area contributed by atoms with Crippen LogP contribution in [-0.4, -0.2) is 43.2 Å². The highest BCUT2D eigenvalue weighted by Crippen LogP contribution is 2.24. The van der Waals surface area contributed by atoms with Crippen LogP contribution in [0.5, 0.6) is 11.6 Å². The van der Waals surface area contributed by atoms with Gasteiger partial charge in [-0.05, 0) is 48.4 Å². The largest absolute Gasteiger partial charge is 0.467 e. The van der Waals surface area contributed by atoms with Gasteiger partial charge in [0.2, 0.25) is 5.88 Å². The summed E-state index contributed by atoms with van der Waals surface area (Å²) in [5.74, 6) is -0.580. The summed E-state index contributed by atoms with van der Waals surface area (Å²) in [6.45, 7) is 0.365. The van der Waals surface area contributed by atoms with E-state index in [1.807, 2.05) is 30.3 Å². The third-order valence-corrected chi connectivity index (χ3v) is 4.75. The Balaban J connectivity index is 1.63. The Morgan fingerprint density at radius 2 is 1.78 bits per heavy atom. The molecule has 166 valence electrons. The molecule has 1 N–H and O–H groups in total. The lowest BCUT2D eigenvalue weighted by atomic mass is 10.2. The summed E-state index contributed by atoms with van der Waals surface area (Å²) in [4.78, 5) is 29.2. The van der Waals surface area contributed by atoms with Gasteiger partial charge in [0, 0.05) is 11.2 Å². The minimum absolute atomic E-state index is 0.0289. The number of carbonyl (C=O) groups excluding carboxylic acids is 2. The van der Waals surface area contributed by atoms with E-state index in [2.05, 4.69) is 10.3 Å². The van der Waals surface area contributed by atoms with Crippen molar-refractivity contribution in [3.05, 3.63) is 89.1 Å². The fourth-order valence-corrected chi connectivity index (χ4v) is 2.97. The van der Waals surface area contributed by atoms with Crippen molar-refractivity contribution in [2.45, 2.75) is 12.5 Å². The first-order valence-electron chi connectivity index (χ1n) is 9.95. The van der Waals surface area contributed by atoms with Gasteiger partial charge in [0.15, 0.2) is 6.04 Å². The van der Waals surface area contributed by atoms with Crippen LogP contribution < -0.4 is 10.1 Å². The predicted octanol–water partition coefficient (Wildman–Crippen LogP) is 4.06. The second-order valence-corrected chi connectivity index (χ2v) is 7.21. The topological polar surface area (TPSA) is 86.8 Å². The summed E-state index contributed by atoms with van der Waals surface area (Å²) in [5.41, 5.74) is 1.28. The molecule has 0 spiro atoms. The van der Waals surface area contributed by atoms with Crippen molar-refractivity contribution in [3.8, 4) is 11.6 Å². The molecule has 32 heavy (non-hydrogen) atoms. The molecule has 0 aliphatic rings. The summed E-state index contributed by atoms with van der Waals surface area (Å²) in [6.07, 6.45) is 2.19. The Kier molecular flexibility index (Phi) is 8.60. The smallest absolute Gasteiger partial charge is 0.330 e. The molecule has 7 nitrogen and oxygen atoms in total. The zero-order chi connectivity index (χ0) is 22.8. The van der Waals surface area contributed by atoms with Crippen molar-refractivity contribution in [1.82, 2.24) is 10.3 Å². The van der Waals surface area contributed by atoms with Crippen molar-refractivity contribution >= 4 is 23.5 Å². The molecular weight excluding hydrogens is 432 g/mol. The highest BCUT2D eigenvalue weighted by molar-refractivity contribution is 6.30. The van der Waals surface area contributed by atoms with Crippen LogP contribution in [0.4, 0.5) is 0 Å². The number of hydrogen-bond donors (Lipinski definition) is 1. The van der Waals surface area contributed by atoms with Crippen LogP contribution in [0.1, 0.15) is 15.9 Å². The standard InChI is InChI=1S/C24H23ClN2O5/c1-30-24(29)21(16-31-15-13-17-6-3-2-4-7-17)27-22(28)20-8-5-14-26-23(20)32-19-11-9-18(25)10-12-19/h2-12,14,21H,13,15-16H2,1H3,(H,27,28). The number of amides is 1. The maximum atomic E-state index is 12.9. The van der Waals surface area contributed by atoms with Crippen LogP contribution >= 0.6 is 11.6 Å². The molecule has 0 aliphatic carbocycles. The first kappa shape index (κ1) is 23.2. The Bertz CT molecular complexity index is 1030. The highest BCUT2D eigenvalue weighted by atomic mass is 35.5. The molecule has 0 radical (unpaired) electrons. The third kappa shape index (κ3) is 6.80. The molecule has 3 rings (SSSR count). The van der Waals surface area contributed by atoms with Crippen LogP contribution in [0.2, 0.25) is 5.02 Å². The van der Waals surface area contributed by atoms with E-state index in [1.54, 1.807) is 36.4 Å². The van der Waals surface area contributed by atoms with Gasteiger partial charge in [-0.25, -0.2) is 9.78 Å². The number of ether oxygens (including phenoxy) is 3. The Labute approximate surface area is 191 Å². The van der Waals surface area contributed by atoms with Crippen molar-refractivity contribution in [2.75, 3.05) is 20.3 Å². The van der Waals surface area contributed by atoms with Crippen molar-refractivity contribution in [1.29, 1.82) is 0 Å². The van der Waals surface area contributed by atoms with Gasteiger partial charge in [-0.3, -0.25) is 4.79 Å². The number of hydrogen-bond acceptors (Lipinski definition) is 6. The van der Waals surface area contributed by atoms with Crippen LogP contribution in [-0.2, 0) is 20.7 Å². The van der Waals surface area contributed by atoms with Gasteiger partial charge >= 0.3 is 5.97 Å². The maximum Gasteiger partial charge on any atom is 0.330 e. The molecule has 0 saturated carbocycles. The fraction of sp³-hybridized carbons (Fsp3) is 0.208. The van der Waals surface area contributed by atoms with Crippen molar-refractivity contribution in [3.63, 3.8) is 0 Å². The summed E-state index contributed by atoms with van der Waals surface area (Å²) < 4.78 is 16.2. The number of aromatic nitrogens is 1. The van der Waals surface area contributed by atoms with Gasteiger partial charge in [0.25, 0.3) is 5.91 Å². The molecule has 3 aromatic rings. The Morgan fingerprint density at radius 3 is 2.50 bits per heavy atom. The number of nitrogens with zero attached hydrogens (tertiary/aromatic N) is 1. The van der Waals surface area contributed by atoms with Gasteiger partial charge in [0.05, 0.1) is 20.3 Å². The van der Waals surface area contributed by atoms with Crippen LogP contribution in [0.25, 0.3) is 0 Å². The SMILES string of the molecule is COC(=O)C(COCCc1ccccc1)NC(=O)c1cccnc1Oc1ccc(Cl)cc1. The Morgan fingerprint density at radius 1 is 1.03 bits per heavy atom. The van der Waals surface area contributed by atoms with Crippen LogP contribution in [0, 0.1) is 0 Å². The first-order chi connectivity index (χ1) is 15.6. The molecular formula is C24H23ClN2O5. The quantitative estimate of drug-likeness (QED) is 0.367. The van der Waals surface area contributed by atoms with E-state index in [1.165, 1.54) is 13.3 Å². The number of benzene rings is 2. The molecule has 1 aromatic heterocycles. The fourth-order valence-electron chi connectivity index (χ4n) is 2.84. The number of carbonyl (C=O) groups is 2. The molecule has 0 saturated heterocycles. The lowest BCUT2D eigenvalue weighted by Crippen LogP contribution is -2.45. The van der Waals surface area contributed by atoms with Gasteiger partial charge in [-0.2, -0.15) is 0 Å². The molecule has 8 heteroatoms. The molecule has 1 unspecified atom stereocenters. The van der Waals surface area contributed by atoms with Gasteiger partial charge in [0.1, 0.15) is 11.3 Å². The normalized spacial score (nSPS) is 11.4. The zero-order valence-electron chi connectivity index (χ0n) is 17.5. The van der Waals surface area contributed by atoms with Gasteiger partial charge in [-0.1, -0.05) is 41.9 Å². The third-order valence-electron chi connectivity index (χ3n) is 4.50. The second kappa shape index (κ2) is 11.8. The van der Waals surface area contributed by atoms with Crippen LogP contribution in [0.3, 0.4) is 0 Å². The molecule has 0 aliphatic heterocycles. The van der Waals surface area contributed by atoms with Gasteiger partial charge < -0.3 is 19.5 Å². The molecule has 1 heterocycles. The lowest BCUT2D eigenvalue weighted by molar-refractivity contribution is -0.144. The second-order valence-electron chi connectivity index (χ2n) is 6.77. The number of esters is 1. The van der Waals surface area contributed by atoms with Crippen molar-refractivity contribution in [2.24, 2.45) is 0 Å². The number of halogens is 1. The molecule has 1 amide bonds. The molecule has 1 atom stereocenters. The van der Waals surface area contributed by atoms with E-state index < -0.39 is 17.9 Å². The molecule has 0 fully saturated rings. The van der Waals surface area contributed by atoms with Gasteiger partial charge in [-0.15, -0.1) is 0 Å². The molecule has 0 bridgehead atoms. The van der Waals surface area contributed by atoms with Crippen molar-refractivity contribution < 1.29 is 23.8 Å². The minimum atomic E-state index is -0.980. The number of rotatable bonds is 10. The highest BCUT2D eigenvalue weighted by Gasteiger charge is 2.24. The van der Waals surface area contributed by atoms with E-state index in [4.69, 9.17) is 25.8 Å². The average molecular weight is 455 g/mol. The van der Waals surface area contributed by atoms with E-state index in [0.717, 1.165) is 5.56 Å². The maximum absolute atomic E-state index is 12.9. The number of methoxy groups -OCH3 is 1.